The highest BCUT2D eigenvalue weighted by molar-refractivity contribution is 8.25. The van der Waals surface area contributed by atoms with Gasteiger partial charge in [-0.05, 0) is 72.9 Å². The van der Waals surface area contributed by atoms with Gasteiger partial charge in [0.25, 0.3) is 5.69 Å². The van der Waals surface area contributed by atoms with Gasteiger partial charge < -0.3 is 0 Å². The molecule has 5 heteroatoms. The van der Waals surface area contributed by atoms with Crippen molar-refractivity contribution in [3.63, 3.8) is 0 Å². The lowest BCUT2D eigenvalue weighted by atomic mass is 9.98. The fourth-order valence-corrected chi connectivity index (χ4v) is 7.55. The molecule has 0 saturated carbocycles. The highest BCUT2D eigenvalue weighted by atomic mass is 32.2. The summed E-state index contributed by atoms with van der Waals surface area (Å²) in [4.78, 5) is 10.4. The number of rotatable bonds is 5. The highest BCUT2D eigenvalue weighted by Gasteiger charge is 2.51. The molecule has 6 rings (SSSR count). The summed E-state index contributed by atoms with van der Waals surface area (Å²) in [6.45, 7) is 0. The van der Waals surface area contributed by atoms with E-state index in [1.54, 1.807) is 12.1 Å². The van der Waals surface area contributed by atoms with E-state index in [0.29, 0.717) is 0 Å². The van der Waals surface area contributed by atoms with E-state index in [-0.39, 0.29) is 14.7 Å². The molecule has 0 aromatic heterocycles. The molecule has 0 unspecified atom stereocenters. The molecular formula is C29H19NO2S2. The molecule has 0 saturated heterocycles. The van der Waals surface area contributed by atoms with Gasteiger partial charge in [0, 0.05) is 12.1 Å². The lowest BCUT2D eigenvalue weighted by Crippen LogP contribution is -2.27. The minimum atomic E-state index is -0.389. The van der Waals surface area contributed by atoms with E-state index in [1.807, 2.05) is 53.9 Å². The van der Waals surface area contributed by atoms with Crippen LogP contribution >= 0.6 is 23.5 Å². The Balaban J connectivity index is 1.25. The normalized spacial score (nSPS) is 17.1. The van der Waals surface area contributed by atoms with Gasteiger partial charge in [-0.2, -0.15) is 0 Å². The molecule has 0 radical (unpaired) electrons. The molecular weight excluding hydrogens is 458 g/mol. The smallest absolute Gasteiger partial charge is 0.258 e. The molecule has 3 aliphatic rings. The molecule has 164 valence electrons. The zero-order valence-corrected chi connectivity index (χ0v) is 19.7. The van der Waals surface area contributed by atoms with Gasteiger partial charge in [-0.1, -0.05) is 72.9 Å². The number of allylic oxidation sites excluding steroid dienone is 4. The van der Waals surface area contributed by atoms with Crippen LogP contribution in [0.5, 0.6) is 0 Å². The molecule has 1 spiro atoms. The monoisotopic (exact) mass is 477 g/mol. The first-order valence-corrected chi connectivity index (χ1v) is 12.7. The molecule has 1 aliphatic heterocycles. The maximum absolute atomic E-state index is 10.7. The number of fused-ring (bicyclic) bond motifs is 4. The molecule has 0 N–H and O–H groups in total. The summed E-state index contributed by atoms with van der Waals surface area (Å²) < 4.78 is -0.0308. The maximum atomic E-state index is 10.7. The SMILES string of the molecule is O=[N+]([O-])c1ccc(/C=C/C=C/C=C/c2ccc3c(c2)=C2c4ccccc4C=3C23SC=CS3)cc1. The molecule has 1 heterocycles. The van der Waals surface area contributed by atoms with Crippen molar-refractivity contribution in [2.75, 3.05) is 0 Å². The molecule has 0 fully saturated rings. The predicted octanol–water partition coefficient (Wildman–Crippen LogP) is 6.25. The third-order valence-electron chi connectivity index (χ3n) is 6.24. The Morgan fingerprint density at radius 1 is 0.706 bits per heavy atom. The third kappa shape index (κ3) is 3.31. The number of nitro benzene ring substituents is 1. The summed E-state index contributed by atoms with van der Waals surface area (Å²) in [7, 11) is 0. The molecule has 2 bridgehead atoms. The molecule has 0 atom stereocenters. The fraction of sp³-hybridized carbons (Fsp3) is 0.0345. The summed E-state index contributed by atoms with van der Waals surface area (Å²) in [5, 5.41) is 17.9. The van der Waals surface area contributed by atoms with Crippen molar-refractivity contribution in [3.05, 3.63) is 145 Å². The van der Waals surface area contributed by atoms with E-state index in [2.05, 4.69) is 59.4 Å². The summed E-state index contributed by atoms with van der Waals surface area (Å²) in [5.74, 6) is 0. The van der Waals surface area contributed by atoms with E-state index < -0.39 is 0 Å². The van der Waals surface area contributed by atoms with Crippen LogP contribution in [-0.4, -0.2) is 9.00 Å². The van der Waals surface area contributed by atoms with Gasteiger partial charge in [-0.3, -0.25) is 10.1 Å². The van der Waals surface area contributed by atoms with Crippen LogP contribution in [0.25, 0.3) is 23.3 Å². The van der Waals surface area contributed by atoms with Crippen molar-refractivity contribution >= 4 is 52.5 Å². The molecule has 34 heavy (non-hydrogen) atoms. The Morgan fingerprint density at radius 3 is 1.94 bits per heavy atom. The summed E-state index contributed by atoms with van der Waals surface area (Å²) >= 11 is 3.83. The first-order valence-electron chi connectivity index (χ1n) is 10.9. The van der Waals surface area contributed by atoms with Crippen molar-refractivity contribution < 1.29 is 4.92 Å². The van der Waals surface area contributed by atoms with Gasteiger partial charge in [0.15, 0.2) is 0 Å². The standard InChI is InChI=1S/C29H19NO2S2/c31-30(32)22-14-11-20(12-15-22)7-3-1-2-4-8-21-13-16-25-26(19-21)28-24-10-6-5-9-23(24)27(25)29(28)33-17-18-34-29/h1-19H/b2-1+,7-3+,8-4+. The number of nitrogens with zero attached hydrogens (tertiary/aromatic N) is 1. The van der Waals surface area contributed by atoms with Gasteiger partial charge in [0.05, 0.1) is 4.92 Å². The molecule has 3 nitrogen and oxygen atoms in total. The third-order valence-corrected chi connectivity index (χ3v) is 9.02. The quantitative estimate of drug-likeness (QED) is 0.247. The highest BCUT2D eigenvalue weighted by Crippen LogP contribution is 2.64. The zero-order chi connectivity index (χ0) is 23.1. The van der Waals surface area contributed by atoms with Crippen molar-refractivity contribution in [3.8, 4) is 0 Å². The van der Waals surface area contributed by atoms with Gasteiger partial charge in [-0.25, -0.2) is 0 Å². The predicted molar refractivity (Wildman–Crippen MR) is 145 cm³/mol. The van der Waals surface area contributed by atoms with Crippen molar-refractivity contribution in [2.24, 2.45) is 0 Å². The zero-order valence-electron chi connectivity index (χ0n) is 18.0. The van der Waals surface area contributed by atoms with E-state index in [4.69, 9.17) is 0 Å². The Kier molecular flexibility index (Phi) is 5.16. The minimum absolute atomic E-state index is 0.0308. The van der Waals surface area contributed by atoms with Crippen LogP contribution in [-0.2, 0) is 0 Å². The maximum Gasteiger partial charge on any atom is 0.269 e. The van der Waals surface area contributed by atoms with Gasteiger partial charge in [0.2, 0.25) is 0 Å². The Bertz CT molecular complexity index is 1570. The largest absolute Gasteiger partial charge is 0.269 e. The van der Waals surface area contributed by atoms with Crippen molar-refractivity contribution in [1.82, 2.24) is 0 Å². The lowest BCUT2D eigenvalue weighted by Gasteiger charge is -2.22. The fourth-order valence-electron chi connectivity index (χ4n) is 4.81. The van der Waals surface area contributed by atoms with E-state index >= 15 is 0 Å². The average Bonchev–Trinajstić information content (AvgIpc) is 3.52. The second-order valence-electron chi connectivity index (χ2n) is 8.18. The van der Waals surface area contributed by atoms with Gasteiger partial charge in [-0.15, -0.1) is 23.5 Å². The topological polar surface area (TPSA) is 43.1 Å². The lowest BCUT2D eigenvalue weighted by molar-refractivity contribution is -0.384. The number of hydrogen-bond acceptors (Lipinski definition) is 4. The second kappa shape index (κ2) is 8.35. The van der Waals surface area contributed by atoms with Crippen molar-refractivity contribution in [2.45, 2.75) is 4.08 Å². The molecule has 2 aliphatic carbocycles. The summed E-state index contributed by atoms with van der Waals surface area (Å²) in [6, 6.07) is 22.1. The van der Waals surface area contributed by atoms with Crippen LogP contribution in [0.3, 0.4) is 0 Å². The molecule has 0 amide bonds. The number of hydrogen-bond donors (Lipinski definition) is 0. The molecule has 3 aromatic rings. The van der Waals surface area contributed by atoms with Crippen LogP contribution in [0.15, 0.2) is 102 Å². The second-order valence-corrected chi connectivity index (χ2v) is 10.7. The van der Waals surface area contributed by atoms with E-state index in [1.165, 1.54) is 50.4 Å². The van der Waals surface area contributed by atoms with Gasteiger partial charge >= 0.3 is 0 Å². The Hall–Kier alpha value is -3.54. The van der Waals surface area contributed by atoms with Gasteiger partial charge in [0.1, 0.15) is 4.08 Å². The summed E-state index contributed by atoms with van der Waals surface area (Å²) in [6.07, 6.45) is 12.0. The first kappa shape index (κ1) is 21.0. The Morgan fingerprint density at radius 2 is 1.29 bits per heavy atom. The van der Waals surface area contributed by atoms with E-state index in [9.17, 15) is 10.1 Å². The van der Waals surface area contributed by atoms with Crippen molar-refractivity contribution in [1.29, 1.82) is 0 Å². The Labute approximate surface area is 205 Å². The number of non-ortho nitro benzene ring substituents is 1. The molecule has 3 aromatic carbocycles. The van der Waals surface area contributed by atoms with Crippen LogP contribution in [0, 0.1) is 10.1 Å². The van der Waals surface area contributed by atoms with Crippen LogP contribution in [0.4, 0.5) is 5.69 Å². The number of benzene rings is 3. The number of nitro groups is 1. The van der Waals surface area contributed by atoms with Crippen LogP contribution in [0.2, 0.25) is 0 Å². The first-order chi connectivity index (χ1) is 16.7. The van der Waals surface area contributed by atoms with Crippen LogP contribution in [0.1, 0.15) is 22.3 Å². The van der Waals surface area contributed by atoms with Crippen LogP contribution < -0.4 is 10.4 Å². The average molecular weight is 478 g/mol. The summed E-state index contributed by atoms with van der Waals surface area (Å²) in [5.41, 5.74) is 7.83. The number of thioether (sulfide) groups is 2. The minimum Gasteiger partial charge on any atom is -0.258 e. The van der Waals surface area contributed by atoms with E-state index in [0.717, 1.165) is 5.56 Å².